The summed E-state index contributed by atoms with van der Waals surface area (Å²) in [7, 11) is 0. The number of carbonyl (C=O) groups is 6. The number of Topliss-reactive ketones (excluding diaryl/α,β-unsaturated/α-hetero) is 1. The molecular weight excluding hydrogens is 662 g/mol. The van der Waals surface area contributed by atoms with Gasteiger partial charge >= 0.3 is 12.0 Å². The Morgan fingerprint density at radius 2 is 1.42 bits per heavy atom. The fourth-order valence-electron chi connectivity index (χ4n) is 7.31. The van der Waals surface area contributed by atoms with Gasteiger partial charge in [-0.25, -0.2) is 9.59 Å². The number of benzene rings is 1. The maximum absolute atomic E-state index is 14.5. The molecule has 4 N–H and O–H groups in total. The molecule has 3 fully saturated rings. The summed E-state index contributed by atoms with van der Waals surface area (Å²) in [5.74, 6) is -2.79. The smallest absolute Gasteiger partial charge is 0.329 e. The molecule has 1 aliphatic heterocycles. The van der Waals surface area contributed by atoms with Crippen molar-refractivity contribution in [2.45, 2.75) is 132 Å². The lowest BCUT2D eigenvalue weighted by molar-refractivity contribution is -0.160. The Bertz CT molecular complexity index is 1520. The van der Waals surface area contributed by atoms with Crippen molar-refractivity contribution in [2.75, 3.05) is 13.1 Å². The van der Waals surface area contributed by atoms with Gasteiger partial charge in [0.25, 0.3) is 5.91 Å². The molecular formula is C40H61N5O7. The number of amides is 5. The van der Waals surface area contributed by atoms with E-state index in [1.54, 1.807) is 20.8 Å². The molecule has 1 aromatic carbocycles. The van der Waals surface area contributed by atoms with Crippen LogP contribution in [0.4, 0.5) is 4.79 Å². The van der Waals surface area contributed by atoms with Gasteiger partial charge < -0.3 is 30.9 Å². The summed E-state index contributed by atoms with van der Waals surface area (Å²) in [6.07, 6.45) is 2.77. The highest BCUT2D eigenvalue weighted by Crippen LogP contribution is 2.65. The number of carbonyl (C=O) groups excluding carboxylic acids is 6. The molecule has 1 heterocycles. The van der Waals surface area contributed by atoms with Gasteiger partial charge in [0.1, 0.15) is 23.7 Å². The molecule has 1 aromatic rings. The van der Waals surface area contributed by atoms with Gasteiger partial charge in [-0.1, -0.05) is 98.6 Å². The third-order valence-corrected chi connectivity index (χ3v) is 10.6. The van der Waals surface area contributed by atoms with E-state index in [2.05, 4.69) is 35.1 Å². The van der Waals surface area contributed by atoms with Crippen LogP contribution >= 0.6 is 0 Å². The Kier molecular flexibility index (Phi) is 11.9. The second-order valence-electron chi connectivity index (χ2n) is 18.7. The minimum atomic E-state index is -1.05. The Morgan fingerprint density at radius 3 is 1.96 bits per heavy atom. The highest BCUT2D eigenvalue weighted by Gasteiger charge is 2.70. The van der Waals surface area contributed by atoms with Crippen molar-refractivity contribution in [3.63, 3.8) is 0 Å². The first kappa shape index (κ1) is 40.8. The molecule has 0 bridgehead atoms. The Balaban J connectivity index is 1.49. The van der Waals surface area contributed by atoms with Crippen LogP contribution in [0.2, 0.25) is 0 Å². The second kappa shape index (κ2) is 15.2. The van der Waals surface area contributed by atoms with Crippen LogP contribution in [0.5, 0.6) is 0 Å². The lowest BCUT2D eigenvalue weighted by Gasteiger charge is -2.38. The number of esters is 1. The van der Waals surface area contributed by atoms with Crippen LogP contribution in [-0.4, -0.2) is 83.3 Å². The van der Waals surface area contributed by atoms with Crippen molar-refractivity contribution < 1.29 is 33.5 Å². The molecule has 12 nitrogen and oxygen atoms in total. The molecule has 12 heteroatoms. The van der Waals surface area contributed by atoms with E-state index in [1.165, 1.54) is 4.90 Å². The predicted molar refractivity (Wildman–Crippen MR) is 198 cm³/mol. The van der Waals surface area contributed by atoms with Crippen molar-refractivity contribution in [1.82, 2.24) is 26.2 Å². The fourth-order valence-corrected chi connectivity index (χ4v) is 7.31. The molecule has 288 valence electrons. The van der Waals surface area contributed by atoms with E-state index in [0.717, 1.165) is 18.4 Å². The summed E-state index contributed by atoms with van der Waals surface area (Å²) in [5.41, 5.74) is -1.42. The monoisotopic (exact) mass is 723 g/mol. The van der Waals surface area contributed by atoms with Crippen LogP contribution in [0.25, 0.3) is 0 Å². The number of nitrogens with zero attached hydrogens (tertiary/aromatic N) is 1. The molecule has 3 aliphatic rings. The van der Waals surface area contributed by atoms with E-state index >= 15 is 0 Å². The zero-order valence-corrected chi connectivity index (χ0v) is 33.0. The largest absolute Gasteiger partial charge is 0.458 e. The maximum Gasteiger partial charge on any atom is 0.329 e. The molecule has 2 saturated carbocycles. The number of urea groups is 1. The summed E-state index contributed by atoms with van der Waals surface area (Å²) < 4.78 is 5.58. The summed E-state index contributed by atoms with van der Waals surface area (Å²) in [6.45, 7) is 20.9. The highest BCUT2D eigenvalue weighted by atomic mass is 16.6. The number of fused-ring (bicyclic) bond motifs is 1. The summed E-state index contributed by atoms with van der Waals surface area (Å²) in [5, 5.41) is 11.2. The number of hydrogen-bond acceptors (Lipinski definition) is 7. The van der Waals surface area contributed by atoms with Crippen molar-refractivity contribution in [3.05, 3.63) is 35.9 Å². The van der Waals surface area contributed by atoms with Crippen LogP contribution in [0.3, 0.4) is 0 Å². The Morgan fingerprint density at radius 1 is 0.846 bits per heavy atom. The van der Waals surface area contributed by atoms with Crippen LogP contribution in [0.1, 0.15) is 101 Å². The standard InChI is InChI=1S/C40H61N5O7/c1-37(2,3)30(43-36(51)44-31(38(4,5)6)35(50)52-39(7,8)9)34(49)45-22-25-27(40(25,10)11)28(45)32(47)42-26(21-24-17-18-24)29(46)33(48)41-20-19-23-15-13-12-14-16-23/h12-16,24-28,30-31H,17-22H2,1-11H3,(H,41,48)(H,42,47)(H2,43,44,51)/t25-,26?,27?,28-,30+,31+/m0/s1. The predicted octanol–water partition coefficient (Wildman–Crippen LogP) is 4.15. The third kappa shape index (κ3) is 10.1. The highest BCUT2D eigenvalue weighted by molar-refractivity contribution is 6.38. The molecule has 0 radical (unpaired) electrons. The number of ketones is 1. The fraction of sp³-hybridized carbons (Fsp3) is 0.700. The quantitative estimate of drug-likeness (QED) is 0.176. The van der Waals surface area contributed by atoms with Crippen LogP contribution in [0.15, 0.2) is 30.3 Å². The minimum Gasteiger partial charge on any atom is -0.458 e. The number of rotatable bonds is 13. The zero-order valence-electron chi connectivity index (χ0n) is 33.0. The van der Waals surface area contributed by atoms with Crippen molar-refractivity contribution in [2.24, 2.45) is 34.0 Å². The van der Waals surface area contributed by atoms with Gasteiger partial charge in [0.05, 0.1) is 6.04 Å². The van der Waals surface area contributed by atoms with Gasteiger partial charge in [-0.3, -0.25) is 19.2 Å². The van der Waals surface area contributed by atoms with E-state index in [-0.39, 0.29) is 29.7 Å². The van der Waals surface area contributed by atoms with Crippen molar-refractivity contribution in [1.29, 1.82) is 0 Å². The topological polar surface area (TPSA) is 163 Å². The van der Waals surface area contributed by atoms with Crippen molar-refractivity contribution in [3.8, 4) is 0 Å². The zero-order chi connectivity index (χ0) is 39.0. The molecule has 52 heavy (non-hydrogen) atoms. The number of hydrogen-bond donors (Lipinski definition) is 4. The first-order valence-corrected chi connectivity index (χ1v) is 18.7. The van der Waals surface area contributed by atoms with E-state index < -0.39 is 76.1 Å². The number of likely N-dealkylation sites (tertiary alicyclic amines) is 1. The average Bonchev–Trinajstić information content (AvgIpc) is 3.87. The van der Waals surface area contributed by atoms with Crippen molar-refractivity contribution >= 4 is 35.5 Å². The molecule has 1 saturated heterocycles. The molecule has 0 aromatic heterocycles. The second-order valence-corrected chi connectivity index (χ2v) is 18.7. The van der Waals surface area contributed by atoms with Gasteiger partial charge in [0.2, 0.25) is 17.6 Å². The Hall–Kier alpha value is -3.96. The van der Waals surface area contributed by atoms with Crippen LogP contribution < -0.4 is 21.3 Å². The summed E-state index contributed by atoms with van der Waals surface area (Å²) >= 11 is 0. The summed E-state index contributed by atoms with van der Waals surface area (Å²) in [4.78, 5) is 83.4. The number of nitrogens with one attached hydrogen (secondary N) is 4. The molecule has 5 amide bonds. The first-order chi connectivity index (χ1) is 23.9. The average molecular weight is 724 g/mol. The number of piperidine rings is 1. The SMILES string of the molecule is CC(C)(C)OC(=O)[C@@H](NC(=O)N[C@H](C(=O)N1C[C@H]2C([C@H]1C(=O)NC(CC1CC1)C(=O)C(=O)NCCc1ccccc1)C2(C)C)C(C)(C)C)C(C)(C)C. The van der Waals surface area contributed by atoms with E-state index in [9.17, 15) is 28.8 Å². The molecule has 4 rings (SSSR count). The lowest BCUT2D eigenvalue weighted by atomic mass is 9.85. The van der Waals surface area contributed by atoms with Crippen LogP contribution in [-0.2, 0) is 35.1 Å². The third-order valence-electron chi connectivity index (χ3n) is 10.6. The van der Waals surface area contributed by atoms with Gasteiger partial charge in [-0.05, 0) is 73.2 Å². The normalized spacial score (nSPS) is 22.6. The van der Waals surface area contributed by atoms with Gasteiger partial charge in [-0.15, -0.1) is 0 Å². The van der Waals surface area contributed by atoms with Gasteiger partial charge in [-0.2, -0.15) is 0 Å². The minimum absolute atomic E-state index is 0.0537. The first-order valence-electron chi connectivity index (χ1n) is 18.7. The Labute approximate surface area is 309 Å². The molecule has 6 atom stereocenters. The molecule has 2 aliphatic carbocycles. The van der Waals surface area contributed by atoms with Gasteiger partial charge in [0.15, 0.2) is 0 Å². The van der Waals surface area contributed by atoms with E-state index in [4.69, 9.17) is 4.74 Å². The van der Waals surface area contributed by atoms with E-state index in [1.807, 2.05) is 71.9 Å². The molecule has 0 spiro atoms. The van der Waals surface area contributed by atoms with Gasteiger partial charge in [0, 0.05) is 13.1 Å². The van der Waals surface area contributed by atoms with E-state index in [0.29, 0.717) is 19.4 Å². The maximum atomic E-state index is 14.5. The number of ether oxygens (including phenoxy) is 1. The molecule has 2 unspecified atom stereocenters. The summed E-state index contributed by atoms with van der Waals surface area (Å²) in [6, 6.07) is 4.97. The lowest BCUT2D eigenvalue weighted by Crippen LogP contribution is -2.63. The van der Waals surface area contributed by atoms with Crippen LogP contribution in [0, 0.1) is 34.0 Å².